The van der Waals surface area contributed by atoms with Crippen LogP contribution < -0.4 is 9.60 Å². The van der Waals surface area contributed by atoms with E-state index >= 15 is 0 Å². The summed E-state index contributed by atoms with van der Waals surface area (Å²) in [6.07, 6.45) is 0. The Hall–Kier alpha value is -1.81. The molecule has 1 heterocycles. The number of rotatable bonds is 9. The van der Waals surface area contributed by atoms with Crippen LogP contribution in [0.1, 0.15) is 11.1 Å². The first kappa shape index (κ1) is 24.3. The summed E-state index contributed by atoms with van der Waals surface area (Å²) in [5, 5.41) is 1.34. The van der Waals surface area contributed by atoms with E-state index < -0.39 is 10.0 Å². The molecule has 33 heavy (non-hydrogen) atoms. The number of aromatic nitrogens is 1. The highest BCUT2D eigenvalue weighted by atomic mass is 35.5. The van der Waals surface area contributed by atoms with Crippen LogP contribution >= 0.6 is 46.3 Å². The number of nitrogens with one attached hydrogen (secondary N) is 1. The Kier molecular flexibility index (Phi) is 7.83. The lowest BCUT2D eigenvalue weighted by molar-refractivity contribution is 0.584. The number of halogens is 2. The Labute approximate surface area is 210 Å². The summed E-state index contributed by atoms with van der Waals surface area (Å²) < 4.78 is 30.4. The molecule has 1 aromatic heterocycles. The van der Waals surface area contributed by atoms with Crippen molar-refractivity contribution in [1.82, 2.24) is 9.29 Å². The van der Waals surface area contributed by atoms with Gasteiger partial charge in [-0.2, -0.15) is 11.8 Å². The van der Waals surface area contributed by atoms with Gasteiger partial charge in [-0.25, -0.2) is 13.1 Å². The van der Waals surface area contributed by atoms with Crippen LogP contribution in [-0.4, -0.2) is 25.3 Å². The molecule has 0 fully saturated rings. The fourth-order valence-corrected chi connectivity index (χ4v) is 6.73. The van der Waals surface area contributed by atoms with E-state index in [1.165, 1.54) is 6.07 Å². The molecule has 0 aliphatic rings. The van der Waals surface area contributed by atoms with Gasteiger partial charge in [-0.15, -0.1) is 0 Å². The predicted molar refractivity (Wildman–Crippen MR) is 139 cm³/mol. The number of benzene rings is 3. The summed E-state index contributed by atoms with van der Waals surface area (Å²) in [5.41, 5.74) is 2.67. The van der Waals surface area contributed by atoms with Gasteiger partial charge in [0.1, 0.15) is 0 Å². The second-order valence-electron chi connectivity index (χ2n) is 7.25. The molecule has 0 atom stereocenters. The highest BCUT2D eigenvalue weighted by Crippen LogP contribution is 2.23. The average molecular weight is 540 g/mol. The molecule has 4 aromatic rings. The van der Waals surface area contributed by atoms with E-state index in [1.54, 1.807) is 40.6 Å². The first-order valence-corrected chi connectivity index (χ1v) is 14.2. The molecule has 1 N–H and O–H groups in total. The number of thiazole rings is 1. The van der Waals surface area contributed by atoms with E-state index in [2.05, 4.69) is 4.72 Å². The Bertz CT molecular complexity index is 1430. The van der Waals surface area contributed by atoms with Gasteiger partial charge in [0.05, 0.1) is 21.7 Å². The summed E-state index contributed by atoms with van der Waals surface area (Å²) in [4.78, 5) is 12.5. The van der Waals surface area contributed by atoms with Gasteiger partial charge < -0.3 is 0 Å². The lowest BCUT2D eigenvalue weighted by Gasteiger charge is -2.08. The largest absolute Gasteiger partial charge is 0.308 e. The van der Waals surface area contributed by atoms with Crippen LogP contribution in [0, 0.1) is 0 Å². The van der Waals surface area contributed by atoms with Crippen molar-refractivity contribution in [2.75, 3.05) is 12.3 Å². The van der Waals surface area contributed by atoms with Crippen LogP contribution in [-0.2, 0) is 22.3 Å². The number of sulfonamides is 1. The molecular weight excluding hydrogens is 519 g/mol. The van der Waals surface area contributed by atoms with Crippen molar-refractivity contribution in [1.29, 1.82) is 0 Å². The van der Waals surface area contributed by atoms with Crippen molar-refractivity contribution < 1.29 is 8.42 Å². The minimum atomic E-state index is -3.68. The summed E-state index contributed by atoms with van der Waals surface area (Å²) in [7, 11) is -3.68. The zero-order chi connectivity index (χ0) is 23.4. The maximum Gasteiger partial charge on any atom is 0.308 e. The predicted octanol–water partition coefficient (Wildman–Crippen LogP) is 5.63. The molecule has 5 nitrogen and oxygen atoms in total. The smallest absolute Gasteiger partial charge is 0.294 e. The molecule has 0 spiro atoms. The molecule has 172 valence electrons. The maximum atomic E-state index is 12.7. The molecule has 3 aromatic carbocycles. The van der Waals surface area contributed by atoms with Crippen LogP contribution in [0.5, 0.6) is 0 Å². The summed E-state index contributed by atoms with van der Waals surface area (Å²) in [5.74, 6) is 1.32. The monoisotopic (exact) mass is 538 g/mol. The molecule has 10 heteroatoms. The Morgan fingerprint density at radius 2 is 1.76 bits per heavy atom. The fourth-order valence-electron chi connectivity index (χ4n) is 3.27. The highest BCUT2D eigenvalue weighted by molar-refractivity contribution is 7.98. The second-order valence-corrected chi connectivity index (χ2v) is 12.0. The van der Waals surface area contributed by atoms with Gasteiger partial charge in [0.2, 0.25) is 10.0 Å². The van der Waals surface area contributed by atoms with Crippen molar-refractivity contribution in [3.63, 3.8) is 0 Å². The van der Waals surface area contributed by atoms with E-state index in [4.69, 9.17) is 23.2 Å². The first-order chi connectivity index (χ1) is 15.8. The third-order valence-corrected chi connectivity index (χ3v) is 8.99. The molecule has 0 unspecified atom stereocenters. The van der Waals surface area contributed by atoms with Gasteiger partial charge in [0, 0.05) is 28.1 Å². The van der Waals surface area contributed by atoms with Gasteiger partial charge >= 0.3 is 4.87 Å². The van der Waals surface area contributed by atoms with Gasteiger partial charge in [0.15, 0.2) is 0 Å². The third-order valence-electron chi connectivity index (χ3n) is 4.96. The van der Waals surface area contributed by atoms with Crippen LogP contribution in [0.15, 0.2) is 76.4 Å². The first-order valence-electron chi connectivity index (χ1n) is 10.0. The minimum absolute atomic E-state index is 0.140. The van der Waals surface area contributed by atoms with Gasteiger partial charge in [-0.05, 0) is 47.5 Å². The molecule has 0 saturated heterocycles. The van der Waals surface area contributed by atoms with Crippen molar-refractivity contribution in [2.45, 2.75) is 17.2 Å². The van der Waals surface area contributed by atoms with E-state index in [-0.39, 0.29) is 9.77 Å². The van der Waals surface area contributed by atoms with E-state index in [9.17, 15) is 13.2 Å². The van der Waals surface area contributed by atoms with Crippen molar-refractivity contribution >= 4 is 66.5 Å². The lowest BCUT2D eigenvalue weighted by atomic mass is 10.2. The van der Waals surface area contributed by atoms with Gasteiger partial charge in [-0.1, -0.05) is 64.9 Å². The third kappa shape index (κ3) is 6.01. The van der Waals surface area contributed by atoms with Crippen LogP contribution in [0.2, 0.25) is 10.0 Å². The fraction of sp³-hybridized carbons (Fsp3) is 0.174. The molecule has 4 rings (SSSR count). The SMILES string of the molecule is O=c1sc2cc(S(=O)(=O)NCCSCc3ccccc3Cl)ccc2n1Cc1ccc(Cl)cc1. The van der Waals surface area contributed by atoms with Crippen LogP contribution in [0.3, 0.4) is 0 Å². The number of hydrogen-bond acceptors (Lipinski definition) is 5. The minimum Gasteiger partial charge on any atom is -0.294 e. The molecule has 0 aliphatic heterocycles. The normalized spacial score (nSPS) is 11.8. The number of thioether (sulfide) groups is 1. The molecule has 0 aliphatic carbocycles. The molecule has 0 bridgehead atoms. The van der Waals surface area contributed by atoms with Crippen molar-refractivity contribution in [3.8, 4) is 0 Å². The Balaban J connectivity index is 1.41. The molecular formula is C23H20Cl2N2O3S3. The number of hydrogen-bond donors (Lipinski definition) is 1. The van der Waals surface area contributed by atoms with Crippen LogP contribution in [0.4, 0.5) is 0 Å². The number of nitrogens with zero attached hydrogens (tertiary/aromatic N) is 1. The molecule has 0 saturated carbocycles. The maximum absolute atomic E-state index is 12.7. The second kappa shape index (κ2) is 10.6. The molecule has 0 amide bonds. The Morgan fingerprint density at radius 1 is 1.00 bits per heavy atom. The van der Waals surface area contributed by atoms with Crippen LogP contribution in [0.25, 0.3) is 10.2 Å². The van der Waals surface area contributed by atoms with Crippen molar-refractivity contribution in [2.24, 2.45) is 0 Å². The zero-order valence-electron chi connectivity index (χ0n) is 17.3. The van der Waals surface area contributed by atoms with E-state index in [0.717, 1.165) is 22.5 Å². The van der Waals surface area contributed by atoms with E-state index in [0.29, 0.717) is 44.9 Å². The topological polar surface area (TPSA) is 68.2 Å². The van der Waals surface area contributed by atoms with E-state index in [1.807, 2.05) is 36.4 Å². The van der Waals surface area contributed by atoms with Gasteiger partial charge in [0.25, 0.3) is 0 Å². The molecule has 0 radical (unpaired) electrons. The number of fused-ring (bicyclic) bond motifs is 1. The quantitative estimate of drug-likeness (QED) is 0.280. The van der Waals surface area contributed by atoms with Crippen molar-refractivity contribution in [3.05, 3.63) is 97.6 Å². The summed E-state index contributed by atoms with van der Waals surface area (Å²) >= 11 is 14.7. The zero-order valence-corrected chi connectivity index (χ0v) is 21.3. The standard InChI is InChI=1S/C23H20Cl2N2O3S3/c24-18-7-5-16(6-8-18)14-27-21-10-9-19(13-22(21)32-23(27)28)33(29,30)26-11-12-31-15-17-3-1-2-4-20(17)25/h1-10,13,26H,11-12,14-15H2. The van der Waals surface area contributed by atoms with Gasteiger partial charge in [-0.3, -0.25) is 9.36 Å². The summed E-state index contributed by atoms with van der Waals surface area (Å²) in [6.45, 7) is 0.687. The lowest BCUT2D eigenvalue weighted by Crippen LogP contribution is -2.26. The summed E-state index contributed by atoms with van der Waals surface area (Å²) in [6, 6.07) is 19.7. The highest BCUT2D eigenvalue weighted by Gasteiger charge is 2.16. The Morgan fingerprint density at radius 3 is 2.52 bits per heavy atom. The average Bonchev–Trinajstić information content (AvgIpc) is 3.10.